The van der Waals surface area contributed by atoms with Crippen LogP contribution in [-0.2, 0) is 4.79 Å². The van der Waals surface area contributed by atoms with Gasteiger partial charge in [-0.05, 0) is 100 Å². The van der Waals surface area contributed by atoms with E-state index in [1.165, 1.54) is 89.0 Å². The summed E-state index contributed by atoms with van der Waals surface area (Å²) in [5.74, 6) is 4.29. The van der Waals surface area contributed by atoms with Gasteiger partial charge < -0.3 is 4.79 Å². The molecular weight excluding hydrogens is 376 g/mol. The lowest BCUT2D eigenvalue weighted by Gasteiger charge is -2.38. The highest BCUT2D eigenvalue weighted by Crippen LogP contribution is 2.44. The molecule has 0 N–H and O–H groups in total. The molecule has 4 rings (SSSR count). The number of carbonyl (C=O) groups is 1. The summed E-state index contributed by atoms with van der Waals surface area (Å²) in [6, 6.07) is 9.30. The van der Waals surface area contributed by atoms with E-state index in [2.05, 4.69) is 43.8 Å². The summed E-state index contributed by atoms with van der Waals surface area (Å²) in [5.41, 5.74) is 2.97. The van der Waals surface area contributed by atoms with Crippen molar-refractivity contribution in [3.63, 3.8) is 0 Å². The third-order valence-corrected chi connectivity index (χ3v) is 8.50. The predicted molar refractivity (Wildman–Crippen MR) is 133 cm³/mol. The van der Waals surface area contributed by atoms with Crippen LogP contribution >= 0.6 is 0 Å². The minimum atomic E-state index is 0.406. The molecule has 0 unspecified atom stereocenters. The zero-order valence-corrected chi connectivity index (χ0v) is 20.1. The monoisotopic (exact) mass is 422 g/mol. The largest absolute Gasteiger partial charge is 0.303 e. The third-order valence-electron chi connectivity index (χ3n) is 8.50. The molecule has 1 aromatic carbocycles. The van der Waals surface area contributed by atoms with Crippen molar-refractivity contribution in [3.05, 3.63) is 48.0 Å². The zero-order valence-electron chi connectivity index (χ0n) is 20.1. The summed E-state index contributed by atoms with van der Waals surface area (Å²) in [5, 5.41) is 0. The second-order valence-corrected chi connectivity index (χ2v) is 10.7. The summed E-state index contributed by atoms with van der Waals surface area (Å²) in [7, 11) is 0. The Balaban J connectivity index is 0.000000287. The second-order valence-electron chi connectivity index (χ2n) is 10.7. The Morgan fingerprint density at radius 3 is 1.90 bits per heavy atom. The topological polar surface area (TPSA) is 17.1 Å². The van der Waals surface area contributed by atoms with Gasteiger partial charge in [-0.2, -0.15) is 0 Å². The van der Waals surface area contributed by atoms with E-state index in [1.54, 1.807) is 5.56 Å². The normalized spacial score (nSPS) is 29.5. The van der Waals surface area contributed by atoms with Gasteiger partial charge in [-0.1, -0.05) is 68.0 Å². The van der Waals surface area contributed by atoms with Crippen molar-refractivity contribution in [2.24, 2.45) is 23.7 Å². The van der Waals surface area contributed by atoms with Crippen molar-refractivity contribution < 1.29 is 4.79 Å². The quantitative estimate of drug-likeness (QED) is 0.330. The van der Waals surface area contributed by atoms with Crippen molar-refractivity contribution in [2.45, 2.75) is 109 Å². The van der Waals surface area contributed by atoms with Crippen LogP contribution in [-0.4, -0.2) is 6.29 Å². The Hall–Kier alpha value is -1.37. The number of hydrogen-bond donors (Lipinski definition) is 0. The van der Waals surface area contributed by atoms with E-state index in [0.717, 1.165) is 42.8 Å². The molecule has 0 saturated heterocycles. The van der Waals surface area contributed by atoms with Crippen molar-refractivity contribution in [3.8, 4) is 0 Å². The standard InChI is InChI=1S/C23H34.C7H12O/c1-3-4-5-19-8-12-21(13-9-19)23-16-14-22(15-17-23)20-10-6-18(2)7-11-20;8-6-7-4-2-1-3-5-7/h3,6-7,10-11,19,21-23H,1,4-5,8-9,12-17H2,2H3;6-7H,1-5H2. The van der Waals surface area contributed by atoms with E-state index < -0.39 is 0 Å². The maximum absolute atomic E-state index is 10.2. The molecule has 0 aliphatic heterocycles. The molecule has 1 aromatic rings. The maximum Gasteiger partial charge on any atom is 0.123 e. The number of benzene rings is 1. The van der Waals surface area contributed by atoms with E-state index in [-0.39, 0.29) is 0 Å². The van der Waals surface area contributed by atoms with Crippen LogP contribution in [0.5, 0.6) is 0 Å². The Morgan fingerprint density at radius 2 is 1.39 bits per heavy atom. The van der Waals surface area contributed by atoms with Crippen LogP contribution in [0.2, 0.25) is 0 Å². The molecule has 0 spiro atoms. The van der Waals surface area contributed by atoms with Gasteiger partial charge in [0.2, 0.25) is 0 Å². The van der Waals surface area contributed by atoms with Gasteiger partial charge in [-0.25, -0.2) is 0 Å². The summed E-state index contributed by atoms with van der Waals surface area (Å²) in [4.78, 5) is 10.2. The molecule has 3 aliphatic carbocycles. The fraction of sp³-hybridized carbons (Fsp3) is 0.700. The van der Waals surface area contributed by atoms with Gasteiger partial charge in [0, 0.05) is 5.92 Å². The van der Waals surface area contributed by atoms with E-state index in [0.29, 0.717) is 5.92 Å². The van der Waals surface area contributed by atoms with Gasteiger partial charge in [0.05, 0.1) is 0 Å². The molecule has 0 amide bonds. The molecule has 31 heavy (non-hydrogen) atoms. The Kier molecular flexibility index (Phi) is 10.4. The summed E-state index contributed by atoms with van der Waals surface area (Å²) in [6.45, 7) is 6.06. The molecule has 1 nitrogen and oxygen atoms in total. The SMILES string of the molecule is C=CCCC1CCC(C2CCC(c3ccc(C)cc3)CC2)CC1.O=CC1CCCCC1. The number of aldehydes is 1. The maximum atomic E-state index is 10.2. The molecule has 3 fully saturated rings. The van der Waals surface area contributed by atoms with Gasteiger partial charge in [0.15, 0.2) is 0 Å². The number of aryl methyl sites for hydroxylation is 1. The second kappa shape index (κ2) is 13.2. The molecule has 0 radical (unpaired) electrons. The first-order valence-electron chi connectivity index (χ1n) is 13.3. The first-order valence-corrected chi connectivity index (χ1v) is 13.3. The number of hydrogen-bond acceptors (Lipinski definition) is 1. The van der Waals surface area contributed by atoms with Crippen molar-refractivity contribution >= 4 is 6.29 Å². The highest BCUT2D eigenvalue weighted by Gasteiger charge is 2.31. The lowest BCUT2D eigenvalue weighted by molar-refractivity contribution is -0.111. The number of carbonyl (C=O) groups excluding carboxylic acids is 1. The molecular formula is C30H46O. The average Bonchev–Trinajstić information content (AvgIpc) is 2.85. The van der Waals surface area contributed by atoms with Crippen molar-refractivity contribution in [1.29, 1.82) is 0 Å². The van der Waals surface area contributed by atoms with Crippen molar-refractivity contribution in [1.82, 2.24) is 0 Å². The van der Waals surface area contributed by atoms with E-state index in [1.807, 2.05) is 0 Å². The molecule has 3 saturated carbocycles. The van der Waals surface area contributed by atoms with Crippen molar-refractivity contribution in [2.75, 3.05) is 0 Å². The molecule has 0 heterocycles. The first kappa shape index (κ1) is 24.3. The van der Waals surface area contributed by atoms with Gasteiger partial charge in [-0.15, -0.1) is 6.58 Å². The highest BCUT2D eigenvalue weighted by molar-refractivity contribution is 5.53. The van der Waals surface area contributed by atoms with Crippen LogP contribution in [0.1, 0.15) is 113 Å². The molecule has 0 atom stereocenters. The van der Waals surface area contributed by atoms with Gasteiger partial charge in [0.1, 0.15) is 6.29 Å². The molecule has 1 heteroatoms. The molecule has 172 valence electrons. The molecule has 0 aromatic heterocycles. The zero-order chi connectivity index (χ0) is 21.9. The fourth-order valence-electron chi connectivity index (χ4n) is 6.33. The third kappa shape index (κ3) is 7.92. The Morgan fingerprint density at radius 1 is 0.806 bits per heavy atom. The lowest BCUT2D eigenvalue weighted by atomic mass is 9.68. The van der Waals surface area contributed by atoms with E-state index in [4.69, 9.17) is 0 Å². The smallest absolute Gasteiger partial charge is 0.123 e. The van der Waals surface area contributed by atoms with E-state index in [9.17, 15) is 4.79 Å². The average molecular weight is 423 g/mol. The summed E-state index contributed by atoms with van der Waals surface area (Å²) in [6.07, 6.45) is 23.7. The van der Waals surface area contributed by atoms with Gasteiger partial charge in [0.25, 0.3) is 0 Å². The minimum Gasteiger partial charge on any atom is -0.303 e. The molecule has 3 aliphatic rings. The van der Waals surface area contributed by atoms with Crippen LogP contribution in [0.15, 0.2) is 36.9 Å². The Bertz CT molecular complexity index is 623. The first-order chi connectivity index (χ1) is 15.2. The van der Waals surface area contributed by atoms with Crippen LogP contribution in [0.4, 0.5) is 0 Å². The highest BCUT2D eigenvalue weighted by atomic mass is 16.1. The summed E-state index contributed by atoms with van der Waals surface area (Å²) >= 11 is 0. The number of rotatable bonds is 6. The Labute approximate surface area is 192 Å². The van der Waals surface area contributed by atoms with Gasteiger partial charge >= 0.3 is 0 Å². The number of allylic oxidation sites excluding steroid dienone is 1. The fourth-order valence-corrected chi connectivity index (χ4v) is 6.33. The van der Waals surface area contributed by atoms with Crippen LogP contribution < -0.4 is 0 Å². The lowest BCUT2D eigenvalue weighted by Crippen LogP contribution is -2.25. The van der Waals surface area contributed by atoms with Crippen LogP contribution in [0.3, 0.4) is 0 Å². The molecule has 0 bridgehead atoms. The predicted octanol–water partition coefficient (Wildman–Crippen LogP) is 8.81. The van der Waals surface area contributed by atoms with Gasteiger partial charge in [-0.3, -0.25) is 0 Å². The minimum absolute atomic E-state index is 0.406. The van der Waals surface area contributed by atoms with Crippen LogP contribution in [0.25, 0.3) is 0 Å². The van der Waals surface area contributed by atoms with Crippen LogP contribution in [0, 0.1) is 30.6 Å². The van der Waals surface area contributed by atoms with E-state index >= 15 is 0 Å². The summed E-state index contributed by atoms with van der Waals surface area (Å²) < 4.78 is 0.